The van der Waals surface area contributed by atoms with E-state index in [1.54, 1.807) is 58.6 Å². The van der Waals surface area contributed by atoms with Gasteiger partial charge in [-0.25, -0.2) is 4.79 Å². The molecule has 3 aliphatic heterocycles. The number of unbranched alkanes of at least 4 members (excludes halogenated alkanes) is 1. The molecule has 3 aliphatic rings. The third-order valence-corrected chi connectivity index (χ3v) is 9.82. The first-order valence-corrected chi connectivity index (χ1v) is 17.0. The van der Waals surface area contributed by atoms with Gasteiger partial charge < -0.3 is 31.1 Å². The Labute approximate surface area is 278 Å². The van der Waals surface area contributed by atoms with Crippen molar-refractivity contribution in [3.05, 3.63) is 54.4 Å². The molecule has 2 aromatic rings. The molecule has 0 bridgehead atoms. The zero-order chi connectivity index (χ0) is 33.0. The number of anilines is 2. The van der Waals surface area contributed by atoms with Gasteiger partial charge in [-0.3, -0.25) is 29.7 Å². The van der Waals surface area contributed by atoms with Crippen LogP contribution in [0.1, 0.15) is 48.9 Å². The van der Waals surface area contributed by atoms with Crippen LogP contribution in [0.3, 0.4) is 0 Å². The van der Waals surface area contributed by atoms with E-state index in [4.69, 9.17) is 5.26 Å². The van der Waals surface area contributed by atoms with Crippen LogP contribution >= 0.6 is 11.8 Å². The fraction of sp³-hybridized carbons (Fsp3) is 0.469. The molecular formula is C32H40N10O4S. The number of nitriles is 1. The van der Waals surface area contributed by atoms with E-state index >= 15 is 0 Å². The van der Waals surface area contributed by atoms with Gasteiger partial charge in [-0.05, 0) is 49.6 Å². The molecule has 5 rings (SSSR count). The van der Waals surface area contributed by atoms with Gasteiger partial charge in [-0.15, -0.1) is 0 Å². The molecule has 4 heterocycles. The summed E-state index contributed by atoms with van der Waals surface area (Å²) in [7, 11) is 0. The average Bonchev–Trinajstić information content (AvgIpc) is 3.64. The normalized spacial score (nSPS) is 20.4. The fourth-order valence-corrected chi connectivity index (χ4v) is 7.43. The van der Waals surface area contributed by atoms with Crippen molar-refractivity contribution >= 4 is 52.8 Å². The van der Waals surface area contributed by atoms with Gasteiger partial charge in [0, 0.05) is 74.0 Å². The maximum Gasteiger partial charge on any atom is 0.315 e. The number of urea groups is 1. The van der Waals surface area contributed by atoms with Gasteiger partial charge in [-0.1, -0.05) is 12.5 Å². The molecule has 0 saturated carbocycles. The molecule has 15 heteroatoms. The molecule has 1 aromatic carbocycles. The smallest absolute Gasteiger partial charge is 0.315 e. The predicted molar refractivity (Wildman–Crippen MR) is 180 cm³/mol. The Hall–Kier alpha value is -4.84. The first-order chi connectivity index (χ1) is 22.9. The minimum Gasteiger partial charge on any atom is -0.339 e. The lowest BCUT2D eigenvalue weighted by molar-refractivity contribution is -0.132. The van der Waals surface area contributed by atoms with Gasteiger partial charge in [0.25, 0.3) is 5.91 Å². The van der Waals surface area contributed by atoms with Crippen LogP contribution in [0.15, 0.2) is 53.8 Å². The summed E-state index contributed by atoms with van der Waals surface area (Å²) in [5, 5.41) is 23.7. The molecular weight excluding hydrogens is 620 g/mol. The highest BCUT2D eigenvalue weighted by atomic mass is 32.2. The second-order valence-electron chi connectivity index (χ2n) is 11.6. The molecule has 14 nitrogen and oxygen atoms in total. The zero-order valence-corrected chi connectivity index (χ0v) is 26.9. The van der Waals surface area contributed by atoms with Crippen molar-refractivity contribution in [3.63, 3.8) is 0 Å². The van der Waals surface area contributed by atoms with Crippen molar-refractivity contribution in [1.29, 1.82) is 5.26 Å². The van der Waals surface area contributed by atoms with Crippen molar-refractivity contribution in [1.82, 2.24) is 30.7 Å². The number of aromatic nitrogens is 1. The number of rotatable bonds is 12. The minimum atomic E-state index is -0.137. The average molecular weight is 661 g/mol. The Morgan fingerprint density at radius 1 is 1.00 bits per heavy atom. The predicted octanol–water partition coefficient (Wildman–Crippen LogP) is 2.35. The van der Waals surface area contributed by atoms with Gasteiger partial charge in [0.15, 0.2) is 6.19 Å². The van der Waals surface area contributed by atoms with E-state index in [-0.39, 0.29) is 41.8 Å². The van der Waals surface area contributed by atoms with E-state index in [9.17, 15) is 19.2 Å². The van der Waals surface area contributed by atoms with E-state index in [1.807, 2.05) is 18.0 Å². The first-order valence-electron chi connectivity index (χ1n) is 15.9. The summed E-state index contributed by atoms with van der Waals surface area (Å²) in [5.74, 6) is 0.978. The van der Waals surface area contributed by atoms with E-state index in [1.165, 1.54) is 0 Å². The van der Waals surface area contributed by atoms with Crippen molar-refractivity contribution in [3.8, 4) is 6.19 Å². The highest BCUT2D eigenvalue weighted by Crippen LogP contribution is 2.33. The van der Waals surface area contributed by atoms with Crippen molar-refractivity contribution < 1.29 is 19.2 Å². The summed E-state index contributed by atoms with van der Waals surface area (Å²) in [5.41, 5.74) is 1.76. The van der Waals surface area contributed by atoms with Crippen LogP contribution in [0.25, 0.3) is 0 Å². The molecule has 3 atom stereocenters. The molecule has 248 valence electrons. The third-order valence-electron chi connectivity index (χ3n) is 8.31. The van der Waals surface area contributed by atoms with Crippen LogP contribution in [0.4, 0.5) is 16.2 Å². The monoisotopic (exact) mass is 660 g/mol. The molecule has 0 spiro atoms. The maximum absolute atomic E-state index is 13.2. The molecule has 3 saturated heterocycles. The van der Waals surface area contributed by atoms with Gasteiger partial charge in [-0.2, -0.15) is 17.0 Å². The third kappa shape index (κ3) is 9.58. The fourth-order valence-electron chi connectivity index (χ4n) is 5.89. The Morgan fingerprint density at radius 2 is 1.81 bits per heavy atom. The molecule has 3 fully saturated rings. The molecule has 47 heavy (non-hydrogen) atoms. The largest absolute Gasteiger partial charge is 0.339 e. The summed E-state index contributed by atoms with van der Waals surface area (Å²) in [6.07, 6.45) is 8.91. The molecule has 0 radical (unpaired) electrons. The Morgan fingerprint density at radius 3 is 2.60 bits per heavy atom. The van der Waals surface area contributed by atoms with E-state index in [0.29, 0.717) is 74.2 Å². The minimum absolute atomic E-state index is 0.000485. The highest BCUT2D eigenvalue weighted by Gasteiger charge is 2.42. The number of guanidine groups is 1. The Bertz CT molecular complexity index is 1490. The lowest BCUT2D eigenvalue weighted by atomic mass is 10.0. The van der Waals surface area contributed by atoms with E-state index in [2.05, 4.69) is 36.6 Å². The lowest BCUT2D eigenvalue weighted by Gasteiger charge is -2.35. The second-order valence-corrected chi connectivity index (χ2v) is 12.9. The van der Waals surface area contributed by atoms with Crippen LogP contribution in [0, 0.1) is 11.5 Å². The number of hydrogen-bond acceptors (Lipinski definition) is 8. The number of nitrogens with zero attached hydrogens (tertiary/aromatic N) is 5. The number of pyridine rings is 1. The standard InChI is InChI=1S/C32H40N10O4S/c33-21-36-31(38-24-8-4-12-34-19-24)35-13-5-11-28(44)41-14-16-42(17-15-41)30(45)22-6-3-7-23(18-22)37-27(43)10-2-1-9-26-29-25(20-47-26)39-32(46)40-29/h3-4,6-8,12,18-19,25-26,29H,1-2,5,9-11,13-17,20H2,(H,37,43)(H2,35,36,38)(H2,39,40,46)/t25-,26-,29-/m0/s1. The van der Waals surface area contributed by atoms with Crippen molar-refractivity contribution in [2.24, 2.45) is 4.99 Å². The Kier molecular flexibility index (Phi) is 11.9. The lowest BCUT2D eigenvalue weighted by Crippen LogP contribution is -2.50. The van der Waals surface area contributed by atoms with E-state index in [0.717, 1.165) is 25.0 Å². The zero-order valence-electron chi connectivity index (χ0n) is 26.1. The number of amides is 5. The van der Waals surface area contributed by atoms with Gasteiger partial charge in [0.1, 0.15) is 0 Å². The van der Waals surface area contributed by atoms with Gasteiger partial charge in [0.05, 0.1) is 24.0 Å². The summed E-state index contributed by atoms with van der Waals surface area (Å²) >= 11 is 1.87. The van der Waals surface area contributed by atoms with Gasteiger partial charge in [0.2, 0.25) is 17.8 Å². The number of aliphatic imine (C=N–C) groups is 1. The SMILES string of the molecule is N#CNC(=NCCCC(=O)N1CCN(C(=O)c2cccc(NC(=O)CCCC[C@@H]3SC[C@@H]4NC(=O)N[C@@H]43)c2)CC1)Nc1cccnc1. The van der Waals surface area contributed by atoms with Crippen LogP contribution in [-0.2, 0) is 9.59 Å². The number of piperazine rings is 1. The van der Waals surface area contributed by atoms with Crippen molar-refractivity contribution in [2.75, 3.05) is 49.1 Å². The molecule has 5 amide bonds. The van der Waals surface area contributed by atoms with Gasteiger partial charge >= 0.3 is 6.03 Å². The summed E-state index contributed by atoms with van der Waals surface area (Å²) in [6.45, 7) is 2.08. The number of carbonyl (C=O) groups is 4. The summed E-state index contributed by atoms with van der Waals surface area (Å²) in [4.78, 5) is 62.0. The molecule has 1 aromatic heterocycles. The number of thioether (sulfide) groups is 1. The van der Waals surface area contributed by atoms with Crippen molar-refractivity contribution in [2.45, 2.75) is 55.9 Å². The molecule has 0 aliphatic carbocycles. The van der Waals surface area contributed by atoms with Crippen LogP contribution in [0.2, 0.25) is 0 Å². The highest BCUT2D eigenvalue weighted by molar-refractivity contribution is 8.00. The molecule has 5 N–H and O–H groups in total. The van der Waals surface area contributed by atoms with Crippen LogP contribution < -0.4 is 26.6 Å². The maximum atomic E-state index is 13.2. The number of fused-ring (bicyclic) bond motifs is 1. The number of carbonyl (C=O) groups excluding carboxylic acids is 4. The number of nitrogens with one attached hydrogen (secondary N) is 5. The first kappa shape index (κ1) is 33.5. The quantitative estimate of drug-likeness (QED) is 0.0570. The summed E-state index contributed by atoms with van der Waals surface area (Å²) < 4.78 is 0. The molecule has 0 unspecified atom stereocenters. The van der Waals surface area contributed by atoms with E-state index < -0.39 is 0 Å². The number of hydrogen-bond donors (Lipinski definition) is 5. The summed E-state index contributed by atoms with van der Waals surface area (Å²) in [6, 6.07) is 10.8. The van der Waals surface area contributed by atoms with Crippen LogP contribution in [0.5, 0.6) is 0 Å². The number of benzene rings is 1. The topological polar surface area (TPSA) is 184 Å². The Balaban J connectivity index is 0.992. The van der Waals surface area contributed by atoms with Crippen LogP contribution in [-0.4, -0.2) is 100 Å². The second kappa shape index (κ2) is 16.6.